The molecule has 0 aliphatic carbocycles. The summed E-state index contributed by atoms with van der Waals surface area (Å²) < 4.78 is 4.72. The van der Waals surface area contributed by atoms with Gasteiger partial charge < -0.3 is 9.84 Å². The maximum atomic E-state index is 11.0. The molecule has 1 aromatic carbocycles. The van der Waals surface area contributed by atoms with E-state index < -0.39 is 22.5 Å². The number of carbonyl (C=O) groups excluding carboxylic acids is 1. The van der Waals surface area contributed by atoms with Gasteiger partial charge in [0, 0.05) is 12.5 Å². The smallest absolute Gasteiger partial charge is 0.335 e. The molecule has 90 valence electrons. The van der Waals surface area contributed by atoms with Gasteiger partial charge in [-0.25, -0.2) is 4.79 Å². The molecule has 0 saturated heterocycles. The Morgan fingerprint density at radius 3 is 2.59 bits per heavy atom. The van der Waals surface area contributed by atoms with Crippen LogP contribution in [0.5, 0.6) is 5.75 Å². The summed E-state index contributed by atoms with van der Waals surface area (Å²) >= 11 is 0. The molecule has 7 heteroatoms. The van der Waals surface area contributed by atoms with Crippen molar-refractivity contribution in [3.8, 4) is 5.75 Å². The summed E-state index contributed by atoms with van der Waals surface area (Å²) in [6.07, 6.45) is 0.0673. The molecule has 0 aliphatic heterocycles. The Labute approximate surface area is 95.8 Å². The molecule has 0 saturated carbocycles. The number of carboxylic acids is 1. The normalized spacial score (nSPS) is 9.71. The molecule has 0 aromatic heterocycles. The van der Waals surface area contributed by atoms with Crippen molar-refractivity contribution in [3.63, 3.8) is 0 Å². The minimum absolute atomic E-state index is 0.0673. The first-order valence-electron chi connectivity index (χ1n) is 4.68. The first kappa shape index (κ1) is 12.6. The lowest BCUT2D eigenvalue weighted by molar-refractivity contribution is -0.385. The van der Waals surface area contributed by atoms with Crippen LogP contribution in [0.4, 0.5) is 5.69 Å². The molecule has 0 unspecified atom stereocenters. The third-order valence-corrected chi connectivity index (χ3v) is 1.92. The molecule has 0 amide bonds. The van der Waals surface area contributed by atoms with Crippen LogP contribution in [-0.2, 0) is 4.79 Å². The van der Waals surface area contributed by atoms with Gasteiger partial charge in [0.15, 0.2) is 0 Å². The standard InChI is InChI=1S/C10H9NO6/c1-2-9(12)17-8-4-3-6(10(13)14)5-7(8)11(15)16/h3-5H,2H2,1H3,(H,13,14). The number of ether oxygens (including phenoxy) is 1. The second-order valence-electron chi connectivity index (χ2n) is 3.07. The lowest BCUT2D eigenvalue weighted by Gasteiger charge is -2.04. The number of nitro benzene ring substituents is 1. The van der Waals surface area contributed by atoms with Gasteiger partial charge in [-0.1, -0.05) is 6.92 Å². The van der Waals surface area contributed by atoms with Crippen molar-refractivity contribution in [3.05, 3.63) is 33.9 Å². The molecule has 0 spiro atoms. The van der Waals surface area contributed by atoms with Crippen molar-refractivity contribution >= 4 is 17.6 Å². The fourth-order valence-electron chi connectivity index (χ4n) is 1.07. The number of hydrogen-bond donors (Lipinski definition) is 1. The third-order valence-electron chi connectivity index (χ3n) is 1.92. The highest BCUT2D eigenvalue weighted by atomic mass is 16.6. The average Bonchev–Trinajstić information content (AvgIpc) is 2.28. The van der Waals surface area contributed by atoms with Gasteiger partial charge in [-0.05, 0) is 12.1 Å². The summed E-state index contributed by atoms with van der Waals surface area (Å²) in [5, 5.41) is 19.4. The van der Waals surface area contributed by atoms with Crippen LogP contribution in [0.2, 0.25) is 0 Å². The largest absolute Gasteiger partial charge is 0.478 e. The molecule has 7 nitrogen and oxygen atoms in total. The van der Waals surface area contributed by atoms with Gasteiger partial charge in [0.05, 0.1) is 10.5 Å². The monoisotopic (exact) mass is 239 g/mol. The molecule has 1 aromatic rings. The highest BCUT2D eigenvalue weighted by molar-refractivity contribution is 5.89. The first-order chi connectivity index (χ1) is 7.95. The molecule has 1 rings (SSSR count). The van der Waals surface area contributed by atoms with Crippen LogP contribution in [0, 0.1) is 10.1 Å². The van der Waals surface area contributed by atoms with Crippen LogP contribution >= 0.6 is 0 Å². The predicted octanol–water partition coefficient (Wildman–Crippen LogP) is 1.61. The Hall–Kier alpha value is -2.44. The maximum Gasteiger partial charge on any atom is 0.335 e. The van der Waals surface area contributed by atoms with Crippen LogP contribution in [0.3, 0.4) is 0 Å². The Balaban J connectivity index is 3.17. The van der Waals surface area contributed by atoms with E-state index in [1.165, 1.54) is 0 Å². The van der Waals surface area contributed by atoms with E-state index in [0.717, 1.165) is 18.2 Å². The minimum atomic E-state index is -1.29. The molecule has 0 heterocycles. The second kappa shape index (κ2) is 5.06. The number of esters is 1. The molecular weight excluding hydrogens is 230 g/mol. The van der Waals surface area contributed by atoms with Gasteiger partial charge in [0.25, 0.3) is 0 Å². The maximum absolute atomic E-state index is 11.0. The minimum Gasteiger partial charge on any atom is -0.478 e. The Kier molecular flexibility index (Phi) is 3.76. The Morgan fingerprint density at radius 2 is 2.12 bits per heavy atom. The highest BCUT2D eigenvalue weighted by Crippen LogP contribution is 2.28. The van der Waals surface area contributed by atoms with Gasteiger partial charge in [0.2, 0.25) is 5.75 Å². The van der Waals surface area contributed by atoms with Crippen molar-refractivity contribution in [2.45, 2.75) is 13.3 Å². The van der Waals surface area contributed by atoms with E-state index in [1.807, 2.05) is 0 Å². The van der Waals surface area contributed by atoms with Gasteiger partial charge in [-0.2, -0.15) is 0 Å². The highest BCUT2D eigenvalue weighted by Gasteiger charge is 2.20. The van der Waals surface area contributed by atoms with E-state index >= 15 is 0 Å². The van der Waals surface area contributed by atoms with Crippen molar-refractivity contribution in [2.24, 2.45) is 0 Å². The molecule has 0 bridgehead atoms. The predicted molar refractivity (Wildman–Crippen MR) is 56.0 cm³/mol. The Morgan fingerprint density at radius 1 is 1.47 bits per heavy atom. The zero-order valence-electron chi connectivity index (χ0n) is 8.87. The SMILES string of the molecule is CCC(=O)Oc1ccc(C(=O)O)cc1[N+](=O)[O-]. The van der Waals surface area contributed by atoms with Crippen LogP contribution in [0.1, 0.15) is 23.7 Å². The summed E-state index contributed by atoms with van der Waals surface area (Å²) in [5.74, 6) is -2.18. The number of hydrogen-bond acceptors (Lipinski definition) is 5. The number of carboxylic acid groups (broad SMARTS) is 1. The van der Waals surface area contributed by atoms with E-state index in [0.29, 0.717) is 0 Å². The number of carbonyl (C=O) groups is 2. The first-order valence-corrected chi connectivity index (χ1v) is 4.68. The van der Waals surface area contributed by atoms with Crippen molar-refractivity contribution in [1.29, 1.82) is 0 Å². The molecule has 0 aliphatic rings. The van der Waals surface area contributed by atoms with Crippen molar-refractivity contribution in [1.82, 2.24) is 0 Å². The van der Waals surface area contributed by atoms with Crippen LogP contribution in [0.25, 0.3) is 0 Å². The van der Waals surface area contributed by atoms with Crippen LogP contribution < -0.4 is 4.74 Å². The topological polar surface area (TPSA) is 107 Å². The summed E-state index contributed by atoms with van der Waals surface area (Å²) in [6, 6.07) is 3.07. The number of nitro groups is 1. The van der Waals surface area contributed by atoms with Gasteiger partial charge in [0.1, 0.15) is 0 Å². The second-order valence-corrected chi connectivity index (χ2v) is 3.07. The zero-order valence-corrected chi connectivity index (χ0v) is 8.87. The summed E-state index contributed by atoms with van der Waals surface area (Å²) in [6.45, 7) is 1.54. The van der Waals surface area contributed by atoms with Gasteiger partial charge >= 0.3 is 17.6 Å². The summed E-state index contributed by atoms with van der Waals surface area (Å²) in [7, 11) is 0. The molecule has 17 heavy (non-hydrogen) atoms. The zero-order chi connectivity index (χ0) is 13.0. The quantitative estimate of drug-likeness (QED) is 0.370. The molecule has 0 fully saturated rings. The van der Waals surface area contributed by atoms with Gasteiger partial charge in [-0.15, -0.1) is 0 Å². The fourth-order valence-corrected chi connectivity index (χ4v) is 1.07. The van der Waals surface area contributed by atoms with E-state index in [1.54, 1.807) is 6.92 Å². The van der Waals surface area contributed by atoms with E-state index in [-0.39, 0.29) is 17.7 Å². The molecule has 0 atom stereocenters. The average molecular weight is 239 g/mol. The van der Waals surface area contributed by atoms with Crippen molar-refractivity contribution in [2.75, 3.05) is 0 Å². The van der Waals surface area contributed by atoms with Crippen LogP contribution in [0.15, 0.2) is 18.2 Å². The van der Waals surface area contributed by atoms with Crippen molar-refractivity contribution < 1.29 is 24.4 Å². The van der Waals surface area contributed by atoms with E-state index in [4.69, 9.17) is 9.84 Å². The lowest BCUT2D eigenvalue weighted by Crippen LogP contribution is -2.08. The third kappa shape index (κ3) is 3.00. The molecular formula is C10H9NO6. The number of rotatable bonds is 4. The fraction of sp³-hybridized carbons (Fsp3) is 0.200. The van der Waals surface area contributed by atoms with Crippen LogP contribution in [-0.4, -0.2) is 22.0 Å². The summed E-state index contributed by atoms with van der Waals surface area (Å²) in [5.41, 5.74) is -0.792. The van der Waals surface area contributed by atoms with E-state index in [9.17, 15) is 19.7 Å². The molecule has 1 N–H and O–H groups in total. The summed E-state index contributed by atoms with van der Waals surface area (Å²) in [4.78, 5) is 31.5. The van der Waals surface area contributed by atoms with Gasteiger partial charge in [-0.3, -0.25) is 14.9 Å². The lowest BCUT2D eigenvalue weighted by atomic mass is 10.2. The van der Waals surface area contributed by atoms with E-state index in [2.05, 4.69) is 0 Å². The number of aromatic carboxylic acids is 1. The number of nitrogens with zero attached hydrogens (tertiary/aromatic N) is 1. The molecule has 0 radical (unpaired) electrons. The Bertz CT molecular complexity index is 482. The number of benzene rings is 1.